The number of H-pyrrole nitrogens is 1. The molecule has 0 unspecified atom stereocenters. The van der Waals surface area contributed by atoms with Crippen LogP contribution in [0.3, 0.4) is 0 Å². The van der Waals surface area contributed by atoms with E-state index in [1.54, 1.807) is 0 Å². The van der Waals surface area contributed by atoms with E-state index in [0.717, 1.165) is 11.4 Å². The third kappa shape index (κ3) is 3.73. The molecule has 1 aliphatic carbocycles. The predicted octanol–water partition coefficient (Wildman–Crippen LogP) is 1.95. The molecule has 1 fully saturated rings. The highest BCUT2D eigenvalue weighted by atomic mass is 16.1. The molecule has 84 valence electrons. The van der Waals surface area contributed by atoms with Gasteiger partial charge in [-0.05, 0) is 18.9 Å². The van der Waals surface area contributed by atoms with Crippen molar-refractivity contribution in [2.24, 2.45) is 0 Å². The summed E-state index contributed by atoms with van der Waals surface area (Å²) in [5.74, 6) is 0.657. The Morgan fingerprint density at radius 1 is 1.60 bits per heavy atom. The Kier molecular flexibility index (Phi) is 4.34. The van der Waals surface area contributed by atoms with Gasteiger partial charge < -0.3 is 5.32 Å². The number of nitrogens with one attached hydrogen (secondary N) is 2. The molecular formula is C11H19N3O. The second kappa shape index (κ2) is 5.53. The average molecular weight is 209 g/mol. The van der Waals surface area contributed by atoms with Crippen LogP contribution in [-0.4, -0.2) is 16.1 Å². The molecule has 1 aromatic heterocycles. The van der Waals surface area contributed by atoms with E-state index >= 15 is 0 Å². The standard InChI is InChI=1S/C9H13N3O.C2H6/c1-6(13)10-5-8-4-9(12-11-8)7-2-3-7;1-2/h4,7H,2-3,5H2,1H3,(H,10,13)(H,11,12);1-2H3. The number of amides is 1. The third-order valence-electron chi connectivity index (χ3n) is 2.17. The summed E-state index contributed by atoms with van der Waals surface area (Å²) in [7, 11) is 0. The van der Waals surface area contributed by atoms with Gasteiger partial charge in [0.05, 0.1) is 17.9 Å². The fourth-order valence-corrected chi connectivity index (χ4v) is 1.28. The first-order valence-corrected chi connectivity index (χ1v) is 5.54. The van der Waals surface area contributed by atoms with Gasteiger partial charge in [0.1, 0.15) is 0 Å². The molecular weight excluding hydrogens is 190 g/mol. The summed E-state index contributed by atoms with van der Waals surface area (Å²) < 4.78 is 0. The number of carbonyl (C=O) groups excluding carboxylic acids is 1. The van der Waals surface area contributed by atoms with Crippen LogP contribution in [0.5, 0.6) is 0 Å². The second-order valence-corrected chi connectivity index (χ2v) is 3.50. The van der Waals surface area contributed by atoms with Crippen molar-refractivity contribution in [2.75, 3.05) is 0 Å². The lowest BCUT2D eigenvalue weighted by atomic mass is 10.3. The van der Waals surface area contributed by atoms with Gasteiger partial charge in [0, 0.05) is 12.8 Å². The lowest BCUT2D eigenvalue weighted by molar-refractivity contribution is -0.119. The Labute approximate surface area is 90.5 Å². The lowest BCUT2D eigenvalue weighted by Gasteiger charge is -1.96. The Hall–Kier alpha value is -1.32. The summed E-state index contributed by atoms with van der Waals surface area (Å²) in [6, 6.07) is 2.04. The van der Waals surface area contributed by atoms with E-state index < -0.39 is 0 Å². The van der Waals surface area contributed by atoms with E-state index in [1.165, 1.54) is 19.8 Å². The van der Waals surface area contributed by atoms with Gasteiger partial charge in [-0.15, -0.1) is 0 Å². The molecule has 1 aromatic rings. The molecule has 0 atom stereocenters. The normalized spacial score (nSPS) is 14.1. The maximum atomic E-state index is 10.6. The van der Waals surface area contributed by atoms with Crippen molar-refractivity contribution in [2.45, 2.75) is 46.1 Å². The Balaban J connectivity index is 0.000000531. The van der Waals surface area contributed by atoms with Crippen LogP contribution in [0, 0.1) is 0 Å². The quantitative estimate of drug-likeness (QED) is 0.799. The first-order valence-electron chi connectivity index (χ1n) is 5.54. The summed E-state index contributed by atoms with van der Waals surface area (Å²) in [5.41, 5.74) is 2.12. The van der Waals surface area contributed by atoms with Crippen molar-refractivity contribution in [3.8, 4) is 0 Å². The summed E-state index contributed by atoms with van der Waals surface area (Å²) in [6.07, 6.45) is 2.51. The molecule has 1 aliphatic rings. The minimum Gasteiger partial charge on any atom is -0.351 e. The summed E-state index contributed by atoms with van der Waals surface area (Å²) in [6.45, 7) is 6.06. The molecule has 1 heterocycles. The number of hydrogen-bond acceptors (Lipinski definition) is 2. The zero-order chi connectivity index (χ0) is 11.3. The van der Waals surface area contributed by atoms with Crippen molar-refractivity contribution < 1.29 is 4.79 Å². The van der Waals surface area contributed by atoms with E-state index in [1.807, 2.05) is 19.9 Å². The maximum absolute atomic E-state index is 10.6. The van der Waals surface area contributed by atoms with E-state index in [2.05, 4.69) is 15.5 Å². The van der Waals surface area contributed by atoms with Crippen LogP contribution in [0.1, 0.15) is 50.9 Å². The lowest BCUT2D eigenvalue weighted by Crippen LogP contribution is -2.18. The highest BCUT2D eigenvalue weighted by molar-refractivity contribution is 5.72. The Bertz CT molecular complexity index is 315. The molecule has 2 rings (SSSR count). The van der Waals surface area contributed by atoms with Gasteiger partial charge in [0.25, 0.3) is 0 Å². The molecule has 4 nitrogen and oxygen atoms in total. The molecule has 0 saturated heterocycles. The van der Waals surface area contributed by atoms with Crippen molar-refractivity contribution in [3.05, 3.63) is 17.5 Å². The van der Waals surface area contributed by atoms with E-state index in [4.69, 9.17) is 0 Å². The second-order valence-electron chi connectivity index (χ2n) is 3.50. The minimum absolute atomic E-state index is 0.0115. The van der Waals surface area contributed by atoms with Gasteiger partial charge in [-0.3, -0.25) is 9.89 Å². The van der Waals surface area contributed by atoms with Crippen LogP contribution in [-0.2, 0) is 11.3 Å². The average Bonchev–Trinajstić information content (AvgIpc) is 2.98. The zero-order valence-corrected chi connectivity index (χ0v) is 9.63. The third-order valence-corrected chi connectivity index (χ3v) is 2.17. The number of rotatable bonds is 3. The molecule has 1 amide bonds. The first kappa shape index (κ1) is 11.8. The van der Waals surface area contributed by atoms with Crippen molar-refractivity contribution in [3.63, 3.8) is 0 Å². The summed E-state index contributed by atoms with van der Waals surface area (Å²) >= 11 is 0. The number of hydrogen-bond donors (Lipinski definition) is 2. The molecule has 4 heteroatoms. The van der Waals surface area contributed by atoms with Crippen LogP contribution < -0.4 is 5.32 Å². The van der Waals surface area contributed by atoms with E-state index in [9.17, 15) is 4.79 Å². The van der Waals surface area contributed by atoms with E-state index in [-0.39, 0.29) is 5.91 Å². The van der Waals surface area contributed by atoms with Crippen LogP contribution >= 0.6 is 0 Å². The molecule has 0 radical (unpaired) electrons. The molecule has 2 N–H and O–H groups in total. The maximum Gasteiger partial charge on any atom is 0.217 e. The van der Waals surface area contributed by atoms with Gasteiger partial charge in [-0.1, -0.05) is 13.8 Å². The highest BCUT2D eigenvalue weighted by Gasteiger charge is 2.25. The molecule has 1 saturated carbocycles. The fourth-order valence-electron chi connectivity index (χ4n) is 1.28. The predicted molar refractivity (Wildman–Crippen MR) is 59.4 cm³/mol. The van der Waals surface area contributed by atoms with Crippen molar-refractivity contribution in [1.29, 1.82) is 0 Å². The van der Waals surface area contributed by atoms with Gasteiger partial charge >= 0.3 is 0 Å². The SMILES string of the molecule is CC.CC(=O)NCc1cc(C2CC2)n[nH]1. The summed E-state index contributed by atoms with van der Waals surface area (Å²) in [5, 5.41) is 9.82. The Morgan fingerprint density at radius 2 is 2.27 bits per heavy atom. The molecule has 0 spiro atoms. The Morgan fingerprint density at radius 3 is 2.80 bits per heavy atom. The smallest absolute Gasteiger partial charge is 0.217 e. The topological polar surface area (TPSA) is 57.8 Å². The first-order chi connectivity index (χ1) is 7.25. The fraction of sp³-hybridized carbons (Fsp3) is 0.636. The van der Waals surface area contributed by atoms with E-state index in [0.29, 0.717) is 12.5 Å². The van der Waals surface area contributed by atoms with Gasteiger partial charge in [-0.25, -0.2) is 0 Å². The summed E-state index contributed by atoms with van der Waals surface area (Å²) in [4.78, 5) is 10.6. The number of aromatic amines is 1. The van der Waals surface area contributed by atoms with Crippen LogP contribution in [0.15, 0.2) is 6.07 Å². The van der Waals surface area contributed by atoms with Gasteiger partial charge in [0.2, 0.25) is 5.91 Å². The zero-order valence-electron chi connectivity index (χ0n) is 9.63. The number of aromatic nitrogens is 2. The molecule has 15 heavy (non-hydrogen) atoms. The van der Waals surface area contributed by atoms with Crippen LogP contribution in [0.25, 0.3) is 0 Å². The number of carbonyl (C=O) groups is 1. The minimum atomic E-state index is -0.0115. The molecule has 0 aliphatic heterocycles. The molecule has 0 bridgehead atoms. The monoisotopic (exact) mass is 209 g/mol. The van der Waals surface area contributed by atoms with Gasteiger partial charge in [-0.2, -0.15) is 5.10 Å². The van der Waals surface area contributed by atoms with Crippen molar-refractivity contribution >= 4 is 5.91 Å². The highest BCUT2D eigenvalue weighted by Crippen LogP contribution is 2.38. The van der Waals surface area contributed by atoms with Crippen molar-refractivity contribution in [1.82, 2.24) is 15.5 Å². The van der Waals surface area contributed by atoms with Crippen LogP contribution in [0.4, 0.5) is 0 Å². The largest absolute Gasteiger partial charge is 0.351 e. The van der Waals surface area contributed by atoms with Gasteiger partial charge in [0.15, 0.2) is 0 Å². The molecule has 0 aromatic carbocycles. The van der Waals surface area contributed by atoms with Crippen LogP contribution in [0.2, 0.25) is 0 Å². The number of nitrogens with zero attached hydrogens (tertiary/aromatic N) is 1.